The maximum absolute atomic E-state index is 12.6. The molecule has 0 fully saturated rings. The molecule has 0 saturated heterocycles. The van der Waals surface area contributed by atoms with Crippen molar-refractivity contribution < 1.29 is 4.79 Å². The van der Waals surface area contributed by atoms with Crippen molar-refractivity contribution in [3.05, 3.63) is 63.7 Å². The quantitative estimate of drug-likeness (QED) is 0.555. The highest BCUT2D eigenvalue weighted by molar-refractivity contribution is 6.42. The minimum Gasteiger partial charge on any atom is -0.293 e. The average molecular weight is 452 g/mol. The first kappa shape index (κ1) is 20.0. The molecule has 3 atom stereocenters. The molecular formula is C23H19Cl2N5O. The van der Waals surface area contributed by atoms with E-state index in [0.717, 1.165) is 41.3 Å². The molecule has 31 heavy (non-hydrogen) atoms. The van der Waals surface area contributed by atoms with Gasteiger partial charge in [0.25, 0.3) is 0 Å². The van der Waals surface area contributed by atoms with E-state index in [4.69, 9.17) is 28.2 Å². The molecule has 5 rings (SSSR count). The molecule has 0 spiro atoms. The third-order valence-electron chi connectivity index (χ3n) is 6.41. The Balaban J connectivity index is 1.75. The molecule has 2 aliphatic carbocycles. The number of benzene rings is 1. The highest BCUT2D eigenvalue weighted by atomic mass is 35.5. The van der Waals surface area contributed by atoms with Crippen LogP contribution in [0.3, 0.4) is 0 Å². The van der Waals surface area contributed by atoms with Crippen LogP contribution in [-0.4, -0.2) is 25.1 Å². The van der Waals surface area contributed by atoms with Gasteiger partial charge < -0.3 is 0 Å². The number of nitriles is 1. The predicted octanol–water partition coefficient (Wildman–Crippen LogP) is 4.89. The number of rotatable bonds is 2. The summed E-state index contributed by atoms with van der Waals surface area (Å²) in [4.78, 5) is 17.6. The Kier molecular flexibility index (Phi) is 4.76. The van der Waals surface area contributed by atoms with Gasteiger partial charge in [0.2, 0.25) is 0 Å². The van der Waals surface area contributed by atoms with E-state index in [1.807, 2.05) is 38.4 Å². The summed E-state index contributed by atoms with van der Waals surface area (Å²) < 4.78 is 3.86. The van der Waals surface area contributed by atoms with Crippen LogP contribution < -0.4 is 0 Å². The minimum atomic E-state index is -0.199. The largest absolute Gasteiger partial charge is 0.293 e. The summed E-state index contributed by atoms with van der Waals surface area (Å²) >= 11 is 12.4. The fourth-order valence-corrected chi connectivity index (χ4v) is 5.15. The number of carbonyl (C=O) groups excluding carboxylic acids is 1. The van der Waals surface area contributed by atoms with Crippen LogP contribution in [0.25, 0.3) is 17.1 Å². The van der Waals surface area contributed by atoms with Crippen molar-refractivity contribution >= 4 is 29.0 Å². The average Bonchev–Trinajstić information content (AvgIpc) is 3.35. The molecule has 0 aliphatic heterocycles. The van der Waals surface area contributed by atoms with Gasteiger partial charge in [0.15, 0.2) is 5.78 Å². The number of hydrogen-bond donors (Lipinski definition) is 0. The molecule has 0 bridgehead atoms. The molecule has 1 aromatic carbocycles. The SMILES string of the molecule is CC1C(=O)C(C#N)=CC2c3nc(-c4ccc(Cl)c(Cl)c4)n(-c4cnn(C)c4)c3CCC12. The molecule has 2 aromatic heterocycles. The molecule has 0 N–H and O–H groups in total. The standard InChI is InChI=1S/C23H19Cl2N5O/c1-12-16-4-6-20-21(17(16)7-14(9-26)22(12)31)28-23(13-3-5-18(24)19(25)8-13)30(20)15-10-27-29(2)11-15/h3,5,7-8,10-12,16-17H,4,6H2,1-2H3. The summed E-state index contributed by atoms with van der Waals surface area (Å²) in [5.41, 5.74) is 3.96. The van der Waals surface area contributed by atoms with Crippen molar-refractivity contribution in [1.82, 2.24) is 19.3 Å². The van der Waals surface area contributed by atoms with Gasteiger partial charge in [-0.1, -0.05) is 36.2 Å². The number of halogens is 2. The van der Waals surface area contributed by atoms with Gasteiger partial charge in [0, 0.05) is 36.3 Å². The normalized spacial score (nSPS) is 22.5. The number of hydrogen-bond acceptors (Lipinski definition) is 4. The third kappa shape index (κ3) is 3.12. The van der Waals surface area contributed by atoms with E-state index in [-0.39, 0.29) is 29.1 Å². The molecule has 6 nitrogen and oxygen atoms in total. The Morgan fingerprint density at radius 1 is 1.26 bits per heavy atom. The van der Waals surface area contributed by atoms with Gasteiger partial charge in [-0.3, -0.25) is 14.0 Å². The summed E-state index contributed by atoms with van der Waals surface area (Å²) in [6.07, 6.45) is 7.20. The summed E-state index contributed by atoms with van der Waals surface area (Å²) in [6.45, 7) is 1.92. The van der Waals surface area contributed by atoms with Crippen LogP contribution in [0.4, 0.5) is 0 Å². The number of allylic oxidation sites excluding steroid dienone is 2. The maximum atomic E-state index is 12.6. The molecule has 8 heteroatoms. The Bertz CT molecular complexity index is 1300. The van der Waals surface area contributed by atoms with E-state index in [1.54, 1.807) is 16.9 Å². The van der Waals surface area contributed by atoms with E-state index < -0.39 is 0 Å². The molecule has 156 valence electrons. The highest BCUT2D eigenvalue weighted by Crippen LogP contribution is 2.46. The zero-order chi connectivity index (χ0) is 21.9. The van der Waals surface area contributed by atoms with Gasteiger partial charge in [0.05, 0.1) is 33.2 Å². The monoisotopic (exact) mass is 451 g/mol. The van der Waals surface area contributed by atoms with E-state index in [0.29, 0.717) is 10.0 Å². The van der Waals surface area contributed by atoms with Gasteiger partial charge in [-0.15, -0.1) is 0 Å². The number of Topliss-reactive ketones (excluding diaryl/α,β-unsaturated/α-hetero) is 1. The number of aromatic nitrogens is 4. The fourth-order valence-electron chi connectivity index (χ4n) is 4.85. The molecule has 0 radical (unpaired) electrons. The van der Waals surface area contributed by atoms with Crippen LogP contribution in [0.2, 0.25) is 10.0 Å². The lowest BCUT2D eigenvalue weighted by Crippen LogP contribution is -2.34. The molecule has 0 amide bonds. The summed E-state index contributed by atoms with van der Waals surface area (Å²) in [5, 5.41) is 14.8. The Hall–Kier alpha value is -2.88. The number of imidazole rings is 1. The van der Waals surface area contributed by atoms with Gasteiger partial charge in [0.1, 0.15) is 11.9 Å². The van der Waals surface area contributed by atoms with Gasteiger partial charge in [-0.2, -0.15) is 10.4 Å². The van der Waals surface area contributed by atoms with Gasteiger partial charge >= 0.3 is 0 Å². The van der Waals surface area contributed by atoms with Crippen molar-refractivity contribution in [2.75, 3.05) is 0 Å². The van der Waals surface area contributed by atoms with Crippen LogP contribution in [0, 0.1) is 23.2 Å². The maximum Gasteiger partial charge on any atom is 0.176 e. The topological polar surface area (TPSA) is 76.5 Å². The summed E-state index contributed by atoms with van der Waals surface area (Å²) in [7, 11) is 1.87. The van der Waals surface area contributed by atoms with Crippen molar-refractivity contribution in [2.24, 2.45) is 18.9 Å². The predicted molar refractivity (Wildman–Crippen MR) is 118 cm³/mol. The first-order valence-electron chi connectivity index (χ1n) is 10.1. The molecule has 2 aliphatic rings. The lowest BCUT2D eigenvalue weighted by Gasteiger charge is -2.36. The van der Waals surface area contributed by atoms with Crippen LogP contribution in [0.15, 0.2) is 42.2 Å². The van der Waals surface area contributed by atoms with Crippen molar-refractivity contribution in [1.29, 1.82) is 5.26 Å². The second-order valence-electron chi connectivity index (χ2n) is 8.18. The van der Waals surface area contributed by atoms with Crippen LogP contribution >= 0.6 is 23.2 Å². The van der Waals surface area contributed by atoms with Crippen LogP contribution in [-0.2, 0) is 18.3 Å². The van der Waals surface area contributed by atoms with Crippen LogP contribution in [0.5, 0.6) is 0 Å². The Labute approximate surface area is 189 Å². The van der Waals surface area contributed by atoms with E-state index in [2.05, 4.69) is 15.7 Å². The molecule has 2 heterocycles. The van der Waals surface area contributed by atoms with E-state index in [9.17, 15) is 10.1 Å². The van der Waals surface area contributed by atoms with Crippen molar-refractivity contribution in [3.63, 3.8) is 0 Å². The Morgan fingerprint density at radius 2 is 2.06 bits per heavy atom. The van der Waals surface area contributed by atoms with E-state index >= 15 is 0 Å². The number of aryl methyl sites for hydroxylation is 1. The highest BCUT2D eigenvalue weighted by Gasteiger charge is 2.42. The first-order chi connectivity index (χ1) is 14.9. The zero-order valence-electron chi connectivity index (χ0n) is 17.0. The van der Waals surface area contributed by atoms with E-state index in [1.165, 1.54) is 0 Å². The molecular weight excluding hydrogens is 433 g/mol. The lowest BCUT2D eigenvalue weighted by atomic mass is 9.67. The van der Waals surface area contributed by atoms with Gasteiger partial charge in [-0.05, 0) is 37.0 Å². The second kappa shape index (κ2) is 7.37. The molecule has 3 unspecified atom stereocenters. The second-order valence-corrected chi connectivity index (χ2v) is 8.99. The number of ketones is 1. The van der Waals surface area contributed by atoms with Crippen molar-refractivity contribution in [2.45, 2.75) is 25.7 Å². The number of carbonyl (C=O) groups is 1. The third-order valence-corrected chi connectivity index (χ3v) is 7.15. The first-order valence-corrected chi connectivity index (χ1v) is 10.9. The van der Waals surface area contributed by atoms with Crippen LogP contribution in [0.1, 0.15) is 30.7 Å². The summed E-state index contributed by atoms with van der Waals surface area (Å²) in [5.74, 6) is 0.536. The fraction of sp³-hybridized carbons (Fsp3) is 0.304. The summed E-state index contributed by atoms with van der Waals surface area (Å²) in [6, 6.07) is 7.55. The molecule has 0 saturated carbocycles. The lowest BCUT2D eigenvalue weighted by molar-refractivity contribution is -0.120. The van der Waals surface area contributed by atoms with Crippen molar-refractivity contribution in [3.8, 4) is 23.1 Å². The Morgan fingerprint density at radius 3 is 2.74 bits per heavy atom. The minimum absolute atomic E-state index is 0.0661. The zero-order valence-corrected chi connectivity index (χ0v) is 18.5. The molecule has 3 aromatic rings. The van der Waals surface area contributed by atoms with Gasteiger partial charge in [-0.25, -0.2) is 4.98 Å². The smallest absolute Gasteiger partial charge is 0.176 e. The number of fused-ring (bicyclic) bond motifs is 3. The number of nitrogens with zero attached hydrogens (tertiary/aromatic N) is 5.